The van der Waals surface area contributed by atoms with Crippen molar-refractivity contribution in [2.24, 2.45) is 5.92 Å². The molecule has 0 aliphatic rings. The lowest BCUT2D eigenvalue weighted by atomic mass is 9.77. The van der Waals surface area contributed by atoms with Crippen molar-refractivity contribution in [3.63, 3.8) is 0 Å². The molecule has 0 spiro atoms. The van der Waals surface area contributed by atoms with Gasteiger partial charge in [-0.05, 0) is 71.6 Å². The van der Waals surface area contributed by atoms with Crippen LogP contribution in [0.4, 0.5) is 11.6 Å². The third-order valence-corrected chi connectivity index (χ3v) is 9.19. The van der Waals surface area contributed by atoms with Gasteiger partial charge in [-0.3, -0.25) is 20.2 Å². The van der Waals surface area contributed by atoms with Crippen molar-refractivity contribution >= 4 is 45.7 Å². The van der Waals surface area contributed by atoms with Crippen molar-refractivity contribution in [2.45, 2.75) is 40.0 Å². The molecule has 5 rings (SSSR count). The minimum atomic E-state index is -0.474. The molecule has 0 radical (unpaired) electrons. The molecule has 4 aromatic carbocycles. The van der Waals surface area contributed by atoms with E-state index in [-0.39, 0.29) is 30.7 Å². The van der Waals surface area contributed by atoms with Crippen molar-refractivity contribution in [2.75, 3.05) is 44.2 Å². The smallest absolute Gasteiger partial charge is 0.239 e. The Kier molecular flexibility index (Phi) is 12.4. The second kappa shape index (κ2) is 17.0. The first-order chi connectivity index (χ1) is 25.3. The number of fused-ring (bicyclic) bond motifs is 1. The van der Waals surface area contributed by atoms with E-state index in [2.05, 4.69) is 64.9 Å². The molecule has 1 heterocycles. The van der Waals surface area contributed by atoms with Crippen LogP contribution >= 0.6 is 11.6 Å². The second-order valence-electron chi connectivity index (χ2n) is 13.5. The normalized spacial score (nSPS) is 11.5. The summed E-state index contributed by atoms with van der Waals surface area (Å²) in [6.45, 7) is 10.6. The maximum absolute atomic E-state index is 12.5. The third kappa shape index (κ3) is 9.35. The van der Waals surface area contributed by atoms with E-state index in [0.29, 0.717) is 46.6 Å². The number of rotatable bonds is 16. The summed E-state index contributed by atoms with van der Waals surface area (Å²) in [5.41, 5.74) is 8.75. The minimum Gasteiger partial charge on any atom is -0.488 e. The van der Waals surface area contributed by atoms with Crippen molar-refractivity contribution in [3.8, 4) is 22.9 Å². The molecule has 3 N–H and O–H groups in total. The Balaban J connectivity index is 1.17. The van der Waals surface area contributed by atoms with Crippen LogP contribution in [-0.2, 0) is 10.2 Å². The zero-order chi connectivity index (χ0) is 38.3. The number of ether oxygens (including phenoxy) is 2. The van der Waals surface area contributed by atoms with Gasteiger partial charge in [-0.25, -0.2) is 9.97 Å². The minimum absolute atomic E-state index is 0.0638. The lowest BCUT2D eigenvalue weighted by molar-refractivity contribution is -0.0394. The highest BCUT2D eigenvalue weighted by molar-refractivity contribution is 6.32. The number of benzene rings is 4. The van der Waals surface area contributed by atoms with Crippen molar-refractivity contribution in [1.82, 2.24) is 15.1 Å². The molecule has 0 fully saturated rings. The van der Waals surface area contributed by atoms with Crippen LogP contribution in [0.5, 0.6) is 5.75 Å². The summed E-state index contributed by atoms with van der Waals surface area (Å²) in [7, 11) is 1.44. The molecular weight excluding hydrogens is 692 g/mol. The Labute approximate surface area is 314 Å². The van der Waals surface area contributed by atoms with Gasteiger partial charge in [-0.15, -0.1) is 5.17 Å². The molecule has 0 saturated heterocycles. The molecule has 0 unspecified atom stereocenters. The summed E-state index contributed by atoms with van der Waals surface area (Å²) in [6.07, 6.45) is 1.71. The van der Waals surface area contributed by atoms with Crippen LogP contribution in [-0.4, -0.2) is 65.3 Å². The first kappa shape index (κ1) is 38.8. The van der Waals surface area contributed by atoms with Crippen LogP contribution in [0.25, 0.3) is 22.0 Å². The van der Waals surface area contributed by atoms with Gasteiger partial charge in [0.15, 0.2) is 17.3 Å². The summed E-state index contributed by atoms with van der Waals surface area (Å²) >= 11 is 6.71. The van der Waals surface area contributed by atoms with Crippen molar-refractivity contribution < 1.29 is 24.3 Å². The number of nitrogens with zero attached hydrogens (tertiary/aromatic N) is 4. The predicted octanol–water partition coefficient (Wildman–Crippen LogP) is 8.34. The average Bonchev–Trinajstić information content (AvgIpc) is 3.13. The number of Topliss-reactive ketones (excluding diaryl/α,β-unsaturated/α-hetero) is 2. The number of hydrogen-bond acceptors (Lipinski definition) is 11. The first-order valence-electron chi connectivity index (χ1n) is 17.2. The van der Waals surface area contributed by atoms with E-state index in [1.54, 1.807) is 24.4 Å². The Hall–Kier alpha value is -5.38. The van der Waals surface area contributed by atoms with Crippen molar-refractivity contribution in [3.05, 3.63) is 112 Å². The Bertz CT molecular complexity index is 2160. The van der Waals surface area contributed by atoms with Gasteiger partial charge in [0, 0.05) is 53.3 Å². The van der Waals surface area contributed by atoms with E-state index >= 15 is 0 Å². The van der Waals surface area contributed by atoms with Gasteiger partial charge in [-0.2, -0.15) is 5.26 Å². The molecule has 0 aliphatic heterocycles. The Morgan fingerprint density at radius 3 is 2.38 bits per heavy atom. The molecular formula is C41H43ClN6O5. The molecule has 0 saturated carbocycles. The number of carbonyl (C=O) groups excluding carboxylic acids is 2. The SMILES string of the molecule is CC(=O)c1cc(NCCOCCOc2c(Cl)cc(C(C)(C)c3ccc(-c4ccc5nc(NN(C)O)ncc5c4)cc3)cc2C#N)ccc1C(=O)C(C)C. The van der Waals surface area contributed by atoms with E-state index < -0.39 is 5.41 Å². The summed E-state index contributed by atoms with van der Waals surface area (Å²) < 4.78 is 11.6. The summed E-state index contributed by atoms with van der Waals surface area (Å²) in [5, 5.41) is 24.6. The number of hydroxylamine groups is 1. The number of hydrazine groups is 1. The van der Waals surface area contributed by atoms with Gasteiger partial charge in [-0.1, -0.05) is 69.6 Å². The first-order valence-corrected chi connectivity index (χ1v) is 17.6. The highest BCUT2D eigenvalue weighted by Gasteiger charge is 2.26. The number of aromatic nitrogens is 2. The molecule has 53 heavy (non-hydrogen) atoms. The van der Waals surface area contributed by atoms with Gasteiger partial charge in [0.05, 0.1) is 29.3 Å². The molecule has 0 atom stereocenters. The zero-order valence-electron chi connectivity index (χ0n) is 30.7. The number of ketones is 2. The van der Waals surface area contributed by atoms with Gasteiger partial charge in [0.25, 0.3) is 0 Å². The number of halogens is 1. The molecule has 0 aliphatic carbocycles. The summed E-state index contributed by atoms with van der Waals surface area (Å²) in [6, 6.07) is 25.2. The third-order valence-electron chi connectivity index (χ3n) is 8.91. The van der Waals surface area contributed by atoms with Crippen LogP contribution < -0.4 is 15.5 Å². The maximum Gasteiger partial charge on any atom is 0.239 e. The molecule has 274 valence electrons. The highest BCUT2D eigenvalue weighted by Crippen LogP contribution is 2.39. The van der Waals surface area contributed by atoms with Crippen molar-refractivity contribution in [1.29, 1.82) is 5.26 Å². The monoisotopic (exact) mass is 734 g/mol. The van der Waals surface area contributed by atoms with E-state index in [1.807, 2.05) is 44.2 Å². The summed E-state index contributed by atoms with van der Waals surface area (Å²) in [4.78, 5) is 33.3. The van der Waals surface area contributed by atoms with E-state index in [0.717, 1.165) is 44.0 Å². The molecule has 1 aromatic heterocycles. The second-order valence-corrected chi connectivity index (χ2v) is 13.9. The molecule has 0 bridgehead atoms. The molecule has 5 aromatic rings. The van der Waals surface area contributed by atoms with Gasteiger partial charge < -0.3 is 14.8 Å². The number of carbonyl (C=O) groups is 2. The quantitative estimate of drug-likeness (QED) is 0.0510. The maximum atomic E-state index is 12.5. The predicted molar refractivity (Wildman–Crippen MR) is 207 cm³/mol. The fourth-order valence-corrected chi connectivity index (χ4v) is 6.16. The topological polar surface area (TPSA) is 150 Å². The Morgan fingerprint density at radius 1 is 0.962 bits per heavy atom. The number of hydrogen-bond donors (Lipinski definition) is 3. The van der Waals surface area contributed by atoms with Gasteiger partial charge in [0.2, 0.25) is 5.95 Å². The number of nitriles is 1. The van der Waals surface area contributed by atoms with Gasteiger partial charge >= 0.3 is 0 Å². The lowest BCUT2D eigenvalue weighted by Gasteiger charge is -2.27. The number of nitrogens with one attached hydrogen (secondary N) is 2. The van der Waals surface area contributed by atoms with Crippen LogP contribution in [0.3, 0.4) is 0 Å². The van der Waals surface area contributed by atoms with E-state index in [9.17, 15) is 20.1 Å². The largest absolute Gasteiger partial charge is 0.488 e. The fourth-order valence-electron chi connectivity index (χ4n) is 5.89. The van der Waals surface area contributed by atoms with E-state index in [4.69, 9.17) is 21.1 Å². The fraction of sp³-hybridized carbons (Fsp3) is 0.293. The van der Waals surface area contributed by atoms with Crippen LogP contribution in [0, 0.1) is 17.2 Å². The van der Waals surface area contributed by atoms with Crippen LogP contribution in [0.2, 0.25) is 5.02 Å². The molecule has 11 nitrogen and oxygen atoms in total. The summed E-state index contributed by atoms with van der Waals surface area (Å²) in [5.74, 6) is 0.175. The average molecular weight is 735 g/mol. The zero-order valence-corrected chi connectivity index (χ0v) is 31.4. The van der Waals surface area contributed by atoms with Crippen LogP contribution in [0.15, 0.2) is 79.0 Å². The standard InChI is InChI=1S/C41H43ClN6O5/c1-25(2)38(50)34-13-12-33(22-35(34)26(3)49)44-15-16-52-17-18-53-39-29(23-43)20-32(21-36(39)42)41(4,5)31-10-7-27(8-11-31)28-9-14-37-30(19-28)24-45-40(46-37)47-48(6)51/h7-14,19-22,24-25,44,51H,15-18H2,1-6H3,(H,45,46,47). The number of anilines is 2. The molecule has 0 amide bonds. The molecule has 12 heteroatoms. The Morgan fingerprint density at radius 2 is 1.70 bits per heavy atom. The van der Waals surface area contributed by atoms with Gasteiger partial charge in [0.1, 0.15) is 12.7 Å². The lowest BCUT2D eigenvalue weighted by Crippen LogP contribution is -2.21. The van der Waals surface area contributed by atoms with Crippen LogP contribution in [0.1, 0.15) is 72.0 Å². The highest BCUT2D eigenvalue weighted by atomic mass is 35.5. The van der Waals surface area contributed by atoms with E-state index in [1.165, 1.54) is 14.0 Å².